The summed E-state index contributed by atoms with van der Waals surface area (Å²) in [6.45, 7) is 0.379. The Balaban J connectivity index is 2.01. The fourth-order valence-corrected chi connectivity index (χ4v) is 3.11. The van der Waals surface area contributed by atoms with Crippen LogP contribution in [-0.2, 0) is 16.1 Å². The maximum absolute atomic E-state index is 11.9. The molecule has 0 atom stereocenters. The molecule has 1 aliphatic heterocycles. The van der Waals surface area contributed by atoms with Crippen LogP contribution in [0.3, 0.4) is 0 Å². The SMILES string of the molecule is COc1ccc(C2C(C(=O)O)=CN(Cc3ccccc3)C=C2C(=O)O)cc1. The maximum atomic E-state index is 11.9. The zero-order valence-electron chi connectivity index (χ0n) is 14.7. The molecule has 27 heavy (non-hydrogen) atoms. The second-order valence-electron chi connectivity index (χ2n) is 6.14. The van der Waals surface area contributed by atoms with Gasteiger partial charge in [-0.25, -0.2) is 9.59 Å². The molecule has 0 aromatic heterocycles. The molecule has 0 radical (unpaired) electrons. The van der Waals surface area contributed by atoms with Gasteiger partial charge in [0.25, 0.3) is 0 Å². The lowest BCUT2D eigenvalue weighted by Gasteiger charge is -2.29. The predicted octanol–water partition coefficient (Wildman–Crippen LogP) is 3.23. The van der Waals surface area contributed by atoms with Gasteiger partial charge in [0.2, 0.25) is 0 Å². The van der Waals surface area contributed by atoms with Crippen molar-refractivity contribution in [3.63, 3.8) is 0 Å². The largest absolute Gasteiger partial charge is 0.497 e. The van der Waals surface area contributed by atoms with Crippen molar-refractivity contribution in [1.82, 2.24) is 4.90 Å². The second-order valence-corrected chi connectivity index (χ2v) is 6.14. The van der Waals surface area contributed by atoms with Gasteiger partial charge in [-0.05, 0) is 23.3 Å². The number of carboxylic acids is 2. The number of methoxy groups -OCH3 is 1. The van der Waals surface area contributed by atoms with Gasteiger partial charge in [-0.1, -0.05) is 42.5 Å². The molecule has 6 nitrogen and oxygen atoms in total. The van der Waals surface area contributed by atoms with Crippen molar-refractivity contribution < 1.29 is 24.5 Å². The van der Waals surface area contributed by atoms with Crippen LogP contribution in [0.5, 0.6) is 5.75 Å². The van der Waals surface area contributed by atoms with Gasteiger partial charge in [-0.15, -0.1) is 0 Å². The van der Waals surface area contributed by atoms with Crippen LogP contribution in [0.25, 0.3) is 0 Å². The minimum absolute atomic E-state index is 0.0102. The quantitative estimate of drug-likeness (QED) is 0.817. The lowest BCUT2D eigenvalue weighted by atomic mass is 9.83. The van der Waals surface area contributed by atoms with Crippen LogP contribution in [-0.4, -0.2) is 34.2 Å². The molecule has 0 spiro atoms. The Morgan fingerprint density at radius 3 is 1.96 bits per heavy atom. The molecule has 2 N–H and O–H groups in total. The number of rotatable bonds is 6. The highest BCUT2D eigenvalue weighted by Gasteiger charge is 2.34. The molecule has 0 aliphatic carbocycles. The fraction of sp³-hybridized carbons (Fsp3) is 0.143. The molecular formula is C21H19NO5. The highest BCUT2D eigenvalue weighted by molar-refractivity contribution is 5.97. The molecule has 2 aromatic rings. The first-order chi connectivity index (χ1) is 13.0. The maximum Gasteiger partial charge on any atom is 0.334 e. The lowest BCUT2D eigenvalue weighted by Crippen LogP contribution is -2.27. The summed E-state index contributed by atoms with van der Waals surface area (Å²) in [6.07, 6.45) is 2.99. The Labute approximate surface area is 156 Å². The topological polar surface area (TPSA) is 87.1 Å². The standard InChI is InChI=1S/C21H19NO5/c1-27-16-9-7-15(8-10-16)19-17(20(23)24)12-22(13-18(19)21(25)26)11-14-5-3-2-4-6-14/h2-10,12-13,19H,11H2,1H3,(H,23,24)(H,25,26). The van der Waals surface area contributed by atoms with E-state index in [0.29, 0.717) is 17.9 Å². The van der Waals surface area contributed by atoms with Crippen LogP contribution in [0.15, 0.2) is 78.1 Å². The van der Waals surface area contributed by atoms with Crippen molar-refractivity contribution in [2.45, 2.75) is 12.5 Å². The number of carbonyl (C=O) groups is 2. The Morgan fingerprint density at radius 2 is 1.48 bits per heavy atom. The van der Waals surface area contributed by atoms with E-state index in [1.165, 1.54) is 19.5 Å². The predicted molar refractivity (Wildman–Crippen MR) is 99.2 cm³/mol. The van der Waals surface area contributed by atoms with Crippen molar-refractivity contribution >= 4 is 11.9 Å². The number of carboxylic acid groups (broad SMARTS) is 2. The summed E-state index contributed by atoms with van der Waals surface area (Å²) in [4.78, 5) is 25.4. The summed E-state index contributed by atoms with van der Waals surface area (Å²) < 4.78 is 5.12. The minimum Gasteiger partial charge on any atom is -0.497 e. The molecule has 0 saturated carbocycles. The van der Waals surface area contributed by atoms with Gasteiger partial charge in [0, 0.05) is 18.9 Å². The van der Waals surface area contributed by atoms with E-state index < -0.39 is 17.9 Å². The first kappa shape index (κ1) is 18.3. The lowest BCUT2D eigenvalue weighted by molar-refractivity contribution is -0.133. The summed E-state index contributed by atoms with van der Waals surface area (Å²) in [6, 6.07) is 16.2. The highest BCUT2D eigenvalue weighted by atomic mass is 16.5. The Morgan fingerprint density at radius 1 is 0.926 bits per heavy atom. The van der Waals surface area contributed by atoms with E-state index >= 15 is 0 Å². The summed E-state index contributed by atoms with van der Waals surface area (Å²) in [7, 11) is 1.53. The third kappa shape index (κ3) is 4.00. The van der Waals surface area contributed by atoms with Crippen LogP contribution in [0, 0.1) is 0 Å². The van der Waals surface area contributed by atoms with Crippen molar-refractivity contribution in [3.05, 3.63) is 89.3 Å². The van der Waals surface area contributed by atoms with Gasteiger partial charge < -0.3 is 19.8 Å². The van der Waals surface area contributed by atoms with Crippen molar-refractivity contribution in [3.8, 4) is 5.75 Å². The average Bonchev–Trinajstić information content (AvgIpc) is 2.68. The normalized spacial score (nSPS) is 14.3. The average molecular weight is 365 g/mol. The summed E-state index contributed by atoms with van der Waals surface area (Å²) >= 11 is 0. The summed E-state index contributed by atoms with van der Waals surface area (Å²) in [5.41, 5.74) is 1.55. The fourth-order valence-electron chi connectivity index (χ4n) is 3.11. The molecule has 0 bridgehead atoms. The first-order valence-corrected chi connectivity index (χ1v) is 8.33. The van der Waals surface area contributed by atoms with E-state index in [-0.39, 0.29) is 11.1 Å². The van der Waals surface area contributed by atoms with Crippen molar-refractivity contribution in [2.75, 3.05) is 7.11 Å². The number of benzene rings is 2. The molecule has 0 amide bonds. The third-order valence-corrected chi connectivity index (χ3v) is 4.38. The molecule has 6 heteroatoms. The number of aliphatic carboxylic acids is 2. The van der Waals surface area contributed by atoms with Crippen LogP contribution < -0.4 is 4.74 Å². The van der Waals surface area contributed by atoms with E-state index in [1.807, 2.05) is 30.3 Å². The molecule has 0 fully saturated rings. The smallest absolute Gasteiger partial charge is 0.334 e. The van der Waals surface area contributed by atoms with E-state index in [0.717, 1.165) is 5.56 Å². The van der Waals surface area contributed by atoms with E-state index in [2.05, 4.69) is 0 Å². The zero-order chi connectivity index (χ0) is 19.4. The molecule has 3 rings (SSSR count). The molecular weight excluding hydrogens is 346 g/mol. The van der Waals surface area contributed by atoms with Crippen molar-refractivity contribution in [2.24, 2.45) is 0 Å². The molecule has 2 aromatic carbocycles. The summed E-state index contributed by atoms with van der Waals surface area (Å²) in [5.74, 6) is -2.55. The number of nitrogens with zero attached hydrogens (tertiary/aromatic N) is 1. The van der Waals surface area contributed by atoms with E-state index in [4.69, 9.17) is 4.74 Å². The number of hydrogen-bond donors (Lipinski definition) is 2. The Hall–Kier alpha value is -3.54. The van der Waals surface area contributed by atoms with E-state index in [9.17, 15) is 19.8 Å². The zero-order valence-corrected chi connectivity index (χ0v) is 14.7. The van der Waals surface area contributed by atoms with Gasteiger partial charge in [-0.3, -0.25) is 0 Å². The Kier molecular flexibility index (Phi) is 5.26. The van der Waals surface area contributed by atoms with Gasteiger partial charge in [-0.2, -0.15) is 0 Å². The van der Waals surface area contributed by atoms with Crippen LogP contribution in [0.4, 0.5) is 0 Å². The summed E-state index contributed by atoms with van der Waals surface area (Å²) in [5, 5.41) is 19.4. The van der Waals surface area contributed by atoms with Crippen LogP contribution >= 0.6 is 0 Å². The molecule has 0 saturated heterocycles. The van der Waals surface area contributed by atoms with Crippen LogP contribution in [0.1, 0.15) is 17.0 Å². The molecule has 0 unspecified atom stereocenters. The second kappa shape index (κ2) is 7.78. The van der Waals surface area contributed by atoms with Gasteiger partial charge in [0.05, 0.1) is 24.2 Å². The monoisotopic (exact) mass is 365 g/mol. The minimum atomic E-state index is -1.15. The molecule has 138 valence electrons. The van der Waals surface area contributed by atoms with Crippen molar-refractivity contribution in [1.29, 1.82) is 0 Å². The van der Waals surface area contributed by atoms with Gasteiger partial charge >= 0.3 is 11.9 Å². The molecule has 1 aliphatic rings. The van der Waals surface area contributed by atoms with Gasteiger partial charge in [0.15, 0.2) is 0 Å². The molecule has 1 heterocycles. The van der Waals surface area contributed by atoms with E-state index in [1.54, 1.807) is 29.2 Å². The third-order valence-electron chi connectivity index (χ3n) is 4.38. The highest BCUT2D eigenvalue weighted by Crippen LogP contribution is 2.37. The van der Waals surface area contributed by atoms with Crippen LogP contribution in [0.2, 0.25) is 0 Å². The number of hydrogen-bond acceptors (Lipinski definition) is 4. The van der Waals surface area contributed by atoms with Gasteiger partial charge in [0.1, 0.15) is 5.75 Å². The number of ether oxygens (including phenoxy) is 1. The Bertz CT molecular complexity index is 868. The first-order valence-electron chi connectivity index (χ1n) is 8.33.